The van der Waals surface area contributed by atoms with Gasteiger partial charge in [-0.1, -0.05) is 0 Å². The SMILES string of the molecule is C[C@H](C[C@H](C)Oc1ccc(F)cc1Br)Oc1ccc(F)cc1Br. The van der Waals surface area contributed by atoms with E-state index in [1.165, 1.54) is 24.3 Å². The third-order valence-electron chi connectivity index (χ3n) is 3.11. The molecule has 0 unspecified atom stereocenters. The molecular weight excluding hydrogens is 434 g/mol. The highest BCUT2D eigenvalue weighted by molar-refractivity contribution is 9.10. The van der Waals surface area contributed by atoms with Gasteiger partial charge in [0.1, 0.15) is 23.1 Å². The molecular formula is C17H16Br2F2O2. The molecule has 0 saturated heterocycles. The number of rotatable bonds is 6. The average molecular weight is 450 g/mol. The molecule has 6 heteroatoms. The Morgan fingerprint density at radius 3 is 1.57 bits per heavy atom. The number of halogens is 4. The van der Waals surface area contributed by atoms with E-state index in [0.29, 0.717) is 26.9 Å². The Bertz CT molecular complexity index is 622. The minimum atomic E-state index is -0.324. The van der Waals surface area contributed by atoms with E-state index in [1.54, 1.807) is 12.1 Å². The summed E-state index contributed by atoms with van der Waals surface area (Å²) in [7, 11) is 0. The van der Waals surface area contributed by atoms with E-state index in [9.17, 15) is 8.78 Å². The molecule has 23 heavy (non-hydrogen) atoms. The summed E-state index contributed by atoms with van der Waals surface area (Å²) in [6, 6.07) is 8.58. The fourth-order valence-electron chi connectivity index (χ4n) is 2.14. The molecule has 2 nitrogen and oxygen atoms in total. The Morgan fingerprint density at radius 2 is 1.22 bits per heavy atom. The topological polar surface area (TPSA) is 18.5 Å². The van der Waals surface area contributed by atoms with Gasteiger partial charge < -0.3 is 9.47 Å². The largest absolute Gasteiger partial charge is 0.489 e. The molecule has 0 saturated carbocycles. The van der Waals surface area contributed by atoms with Crippen LogP contribution in [0.25, 0.3) is 0 Å². The Balaban J connectivity index is 1.92. The normalized spacial score (nSPS) is 13.5. The predicted molar refractivity (Wildman–Crippen MR) is 93.0 cm³/mol. The van der Waals surface area contributed by atoms with Gasteiger partial charge in [-0.3, -0.25) is 0 Å². The van der Waals surface area contributed by atoms with Crippen LogP contribution in [0.15, 0.2) is 45.3 Å². The smallest absolute Gasteiger partial charge is 0.134 e. The first-order valence-electron chi connectivity index (χ1n) is 7.08. The van der Waals surface area contributed by atoms with Gasteiger partial charge in [-0.2, -0.15) is 0 Å². The van der Waals surface area contributed by atoms with Crippen molar-refractivity contribution in [3.8, 4) is 11.5 Å². The second-order valence-corrected chi connectivity index (χ2v) is 6.95. The molecule has 0 aliphatic carbocycles. The molecule has 0 N–H and O–H groups in total. The molecule has 0 aliphatic rings. The minimum Gasteiger partial charge on any atom is -0.489 e. The van der Waals surface area contributed by atoms with Gasteiger partial charge in [-0.05, 0) is 82.1 Å². The van der Waals surface area contributed by atoms with Gasteiger partial charge in [0.05, 0.1) is 21.2 Å². The van der Waals surface area contributed by atoms with Crippen LogP contribution in [0.3, 0.4) is 0 Å². The van der Waals surface area contributed by atoms with Crippen molar-refractivity contribution in [3.05, 3.63) is 57.0 Å². The van der Waals surface area contributed by atoms with Crippen LogP contribution in [0.5, 0.6) is 11.5 Å². The van der Waals surface area contributed by atoms with Crippen LogP contribution in [-0.4, -0.2) is 12.2 Å². The van der Waals surface area contributed by atoms with Gasteiger partial charge in [0.15, 0.2) is 0 Å². The highest BCUT2D eigenvalue weighted by Gasteiger charge is 2.15. The quantitative estimate of drug-likeness (QED) is 0.529. The summed E-state index contributed by atoms with van der Waals surface area (Å²) >= 11 is 6.55. The van der Waals surface area contributed by atoms with Crippen molar-refractivity contribution in [2.45, 2.75) is 32.5 Å². The van der Waals surface area contributed by atoms with E-state index in [4.69, 9.17) is 9.47 Å². The van der Waals surface area contributed by atoms with Crippen molar-refractivity contribution in [2.75, 3.05) is 0 Å². The van der Waals surface area contributed by atoms with Crippen LogP contribution in [0.2, 0.25) is 0 Å². The third-order valence-corrected chi connectivity index (χ3v) is 4.35. The van der Waals surface area contributed by atoms with E-state index in [1.807, 2.05) is 13.8 Å². The molecule has 0 heterocycles. The van der Waals surface area contributed by atoms with Gasteiger partial charge in [0.2, 0.25) is 0 Å². The fourth-order valence-corrected chi connectivity index (χ4v) is 3.03. The predicted octanol–water partition coefficient (Wildman–Crippen LogP) is 6.11. The molecule has 2 aromatic rings. The Hall–Kier alpha value is -1.14. The molecule has 2 aromatic carbocycles. The maximum atomic E-state index is 13.1. The number of ether oxygens (including phenoxy) is 2. The third kappa shape index (κ3) is 5.46. The van der Waals surface area contributed by atoms with Crippen molar-refractivity contribution in [1.29, 1.82) is 0 Å². The van der Waals surface area contributed by atoms with Gasteiger partial charge in [0, 0.05) is 6.42 Å². The number of hydrogen-bond donors (Lipinski definition) is 0. The molecule has 0 bridgehead atoms. The summed E-state index contributed by atoms with van der Waals surface area (Å²) in [6.45, 7) is 3.82. The second kappa shape index (κ2) is 8.11. The number of hydrogen-bond acceptors (Lipinski definition) is 2. The zero-order valence-corrected chi connectivity index (χ0v) is 15.8. The van der Waals surface area contributed by atoms with Crippen LogP contribution in [-0.2, 0) is 0 Å². The van der Waals surface area contributed by atoms with Gasteiger partial charge >= 0.3 is 0 Å². The lowest BCUT2D eigenvalue weighted by Crippen LogP contribution is -2.23. The van der Waals surface area contributed by atoms with E-state index in [0.717, 1.165) is 0 Å². The first-order valence-corrected chi connectivity index (χ1v) is 8.67. The Morgan fingerprint density at radius 1 is 0.826 bits per heavy atom. The minimum absolute atomic E-state index is 0.133. The molecule has 0 fully saturated rings. The van der Waals surface area contributed by atoms with Crippen LogP contribution in [0.1, 0.15) is 20.3 Å². The van der Waals surface area contributed by atoms with Crippen molar-refractivity contribution >= 4 is 31.9 Å². The zero-order valence-electron chi connectivity index (χ0n) is 12.7. The first kappa shape index (κ1) is 18.2. The summed E-state index contributed by atoms with van der Waals surface area (Å²) in [5.74, 6) is 0.507. The van der Waals surface area contributed by atoms with Gasteiger partial charge in [0.25, 0.3) is 0 Å². The lowest BCUT2D eigenvalue weighted by Gasteiger charge is -2.21. The maximum absolute atomic E-state index is 13.1. The zero-order chi connectivity index (χ0) is 17.0. The number of benzene rings is 2. The summed E-state index contributed by atoms with van der Waals surface area (Å²) in [5.41, 5.74) is 0. The Kier molecular flexibility index (Phi) is 6.41. The average Bonchev–Trinajstić information content (AvgIpc) is 2.45. The second-order valence-electron chi connectivity index (χ2n) is 5.24. The molecule has 0 aromatic heterocycles. The molecule has 0 aliphatic heterocycles. The molecule has 2 atom stereocenters. The lowest BCUT2D eigenvalue weighted by molar-refractivity contribution is 0.129. The summed E-state index contributed by atoms with van der Waals surface area (Å²) in [6.07, 6.45) is 0.352. The van der Waals surface area contributed by atoms with E-state index < -0.39 is 0 Å². The molecule has 2 rings (SSSR count). The lowest BCUT2D eigenvalue weighted by atomic mass is 10.2. The standard InChI is InChI=1S/C17H16Br2F2O2/c1-10(22-16-5-3-12(20)8-14(16)18)7-11(2)23-17-6-4-13(21)9-15(17)19/h3-6,8-11H,7H2,1-2H3/t10-,11+. The van der Waals surface area contributed by atoms with Crippen LogP contribution in [0.4, 0.5) is 8.78 Å². The van der Waals surface area contributed by atoms with Crippen molar-refractivity contribution < 1.29 is 18.3 Å². The molecule has 0 amide bonds. The van der Waals surface area contributed by atoms with Crippen molar-refractivity contribution in [1.82, 2.24) is 0 Å². The molecule has 0 spiro atoms. The van der Waals surface area contributed by atoms with Gasteiger partial charge in [-0.25, -0.2) is 8.78 Å². The summed E-state index contributed by atoms with van der Waals surface area (Å²) in [4.78, 5) is 0. The van der Waals surface area contributed by atoms with Crippen molar-refractivity contribution in [3.63, 3.8) is 0 Å². The fraction of sp³-hybridized carbons (Fsp3) is 0.294. The monoisotopic (exact) mass is 448 g/mol. The van der Waals surface area contributed by atoms with E-state index >= 15 is 0 Å². The van der Waals surface area contributed by atoms with E-state index in [-0.39, 0.29) is 23.8 Å². The van der Waals surface area contributed by atoms with Gasteiger partial charge in [-0.15, -0.1) is 0 Å². The van der Waals surface area contributed by atoms with Crippen LogP contribution < -0.4 is 9.47 Å². The summed E-state index contributed by atoms with van der Waals surface area (Å²) < 4.78 is 38.9. The molecule has 0 radical (unpaired) electrons. The van der Waals surface area contributed by atoms with Crippen LogP contribution >= 0.6 is 31.9 Å². The summed E-state index contributed by atoms with van der Waals surface area (Å²) in [5, 5.41) is 0. The Labute approximate surface area is 151 Å². The highest BCUT2D eigenvalue weighted by atomic mass is 79.9. The van der Waals surface area contributed by atoms with Crippen molar-refractivity contribution in [2.24, 2.45) is 0 Å². The maximum Gasteiger partial charge on any atom is 0.134 e. The van der Waals surface area contributed by atoms with Crippen LogP contribution in [0, 0.1) is 11.6 Å². The first-order chi connectivity index (χ1) is 10.8. The highest BCUT2D eigenvalue weighted by Crippen LogP contribution is 2.29. The molecule has 124 valence electrons. The van der Waals surface area contributed by atoms with E-state index in [2.05, 4.69) is 31.9 Å².